The van der Waals surface area contributed by atoms with Gasteiger partial charge in [0.25, 0.3) is 0 Å². The van der Waals surface area contributed by atoms with Crippen LogP contribution in [0, 0.1) is 13.8 Å². The van der Waals surface area contributed by atoms with Gasteiger partial charge in [-0.2, -0.15) is 0 Å². The fourth-order valence-corrected chi connectivity index (χ4v) is 3.68. The average Bonchev–Trinajstić information content (AvgIpc) is 2.93. The van der Waals surface area contributed by atoms with Crippen LogP contribution in [0.3, 0.4) is 0 Å². The second-order valence-corrected chi connectivity index (χ2v) is 7.22. The van der Waals surface area contributed by atoms with Gasteiger partial charge in [-0.3, -0.25) is 0 Å². The Morgan fingerprint density at radius 2 is 1.88 bits per heavy atom. The summed E-state index contributed by atoms with van der Waals surface area (Å²) in [5.41, 5.74) is 6.28. The van der Waals surface area contributed by atoms with Crippen LogP contribution < -0.4 is 0 Å². The third-order valence-corrected chi connectivity index (χ3v) is 5.09. The molecule has 6 heteroatoms. The van der Waals surface area contributed by atoms with Crippen molar-refractivity contribution in [3.8, 4) is 0 Å². The Morgan fingerprint density at radius 3 is 2.67 bits per heavy atom. The van der Waals surface area contributed by atoms with Gasteiger partial charge in [-0.25, -0.2) is 4.98 Å². The maximum absolute atomic E-state index is 5.91. The van der Waals surface area contributed by atoms with Gasteiger partial charge < -0.3 is 4.98 Å². The second-order valence-electron chi connectivity index (χ2n) is 5.84. The minimum absolute atomic E-state index is 0.665. The van der Waals surface area contributed by atoms with Gasteiger partial charge in [-0.05, 0) is 43.2 Å². The van der Waals surface area contributed by atoms with E-state index in [2.05, 4.69) is 46.1 Å². The molecule has 0 aliphatic rings. The zero-order chi connectivity index (χ0) is 16.7. The van der Waals surface area contributed by atoms with Gasteiger partial charge in [0.15, 0.2) is 5.65 Å². The molecule has 0 atom stereocenters. The van der Waals surface area contributed by atoms with E-state index in [0.717, 1.165) is 32.8 Å². The van der Waals surface area contributed by atoms with E-state index in [-0.39, 0.29) is 0 Å². The molecular weight excluding hydrogens is 340 g/mol. The number of H-pyrrole nitrogens is 1. The number of aromatic amines is 1. The van der Waals surface area contributed by atoms with Crippen molar-refractivity contribution in [1.82, 2.24) is 20.2 Å². The van der Waals surface area contributed by atoms with Gasteiger partial charge in [-0.1, -0.05) is 47.1 Å². The third kappa shape index (κ3) is 2.85. The monoisotopic (exact) mass is 354 g/mol. The largest absolute Gasteiger partial charge is 0.337 e. The fraction of sp³-hybridized carbons (Fsp3) is 0.167. The molecule has 0 amide bonds. The van der Waals surface area contributed by atoms with Gasteiger partial charge >= 0.3 is 0 Å². The molecule has 24 heavy (non-hydrogen) atoms. The van der Waals surface area contributed by atoms with E-state index in [9.17, 15) is 0 Å². The number of fused-ring (bicyclic) bond motifs is 3. The molecule has 4 nitrogen and oxygen atoms in total. The molecule has 0 saturated carbocycles. The van der Waals surface area contributed by atoms with E-state index in [1.807, 2.05) is 24.3 Å². The van der Waals surface area contributed by atoms with Gasteiger partial charge in [0.05, 0.1) is 5.52 Å². The number of nitrogens with zero attached hydrogens (tertiary/aromatic N) is 3. The Kier molecular flexibility index (Phi) is 3.90. The van der Waals surface area contributed by atoms with Gasteiger partial charge in [0.1, 0.15) is 5.52 Å². The van der Waals surface area contributed by atoms with E-state index in [1.54, 1.807) is 11.8 Å². The number of hydrogen-bond acceptors (Lipinski definition) is 4. The van der Waals surface area contributed by atoms with E-state index in [1.165, 1.54) is 16.7 Å². The first-order chi connectivity index (χ1) is 11.6. The molecule has 120 valence electrons. The highest BCUT2D eigenvalue weighted by molar-refractivity contribution is 7.98. The summed E-state index contributed by atoms with van der Waals surface area (Å²) in [6.45, 7) is 4.18. The molecule has 1 N–H and O–H groups in total. The first-order valence-electron chi connectivity index (χ1n) is 7.61. The molecule has 2 aromatic carbocycles. The highest BCUT2D eigenvalue weighted by atomic mass is 35.5. The van der Waals surface area contributed by atoms with Crippen LogP contribution in [-0.4, -0.2) is 20.2 Å². The Hall–Kier alpha value is -2.11. The fourth-order valence-electron chi connectivity index (χ4n) is 2.81. The third-order valence-electron chi connectivity index (χ3n) is 3.93. The van der Waals surface area contributed by atoms with Crippen molar-refractivity contribution < 1.29 is 0 Å². The highest BCUT2D eigenvalue weighted by Gasteiger charge is 2.11. The lowest BCUT2D eigenvalue weighted by atomic mass is 10.1. The molecule has 4 aromatic rings. The van der Waals surface area contributed by atoms with E-state index in [4.69, 9.17) is 11.6 Å². The Balaban J connectivity index is 1.66. The number of aromatic nitrogens is 4. The zero-order valence-electron chi connectivity index (χ0n) is 13.3. The van der Waals surface area contributed by atoms with E-state index in [0.29, 0.717) is 5.16 Å². The molecule has 0 aliphatic carbocycles. The molecule has 0 unspecified atom stereocenters. The van der Waals surface area contributed by atoms with Crippen molar-refractivity contribution in [2.24, 2.45) is 0 Å². The van der Waals surface area contributed by atoms with E-state index >= 15 is 0 Å². The summed E-state index contributed by atoms with van der Waals surface area (Å²) in [5, 5.41) is 11.2. The molecule has 0 radical (unpaired) electrons. The molecular formula is C18H15ClN4S. The Labute approximate surface area is 148 Å². The molecule has 0 bridgehead atoms. The normalized spacial score (nSPS) is 11.5. The predicted octanol–water partition coefficient (Wildman–Crippen LogP) is 5.07. The van der Waals surface area contributed by atoms with Crippen molar-refractivity contribution in [1.29, 1.82) is 0 Å². The first-order valence-corrected chi connectivity index (χ1v) is 8.97. The second kappa shape index (κ2) is 6.07. The quantitative estimate of drug-likeness (QED) is 0.522. The van der Waals surface area contributed by atoms with Gasteiger partial charge in [0, 0.05) is 16.2 Å². The summed E-state index contributed by atoms with van der Waals surface area (Å²) in [7, 11) is 0. The van der Waals surface area contributed by atoms with Crippen LogP contribution in [0.1, 0.15) is 16.7 Å². The molecule has 2 heterocycles. The number of nitrogens with one attached hydrogen (secondary N) is 1. The number of halogens is 1. The van der Waals surface area contributed by atoms with Crippen LogP contribution in [0.5, 0.6) is 0 Å². The SMILES string of the molecule is Cc1cc(C)c2[nH]c3nc(SCc4ccc(Cl)cc4)nnc3c2c1. The van der Waals surface area contributed by atoms with Crippen LogP contribution >= 0.6 is 23.4 Å². The molecule has 4 rings (SSSR count). The summed E-state index contributed by atoms with van der Waals surface area (Å²) in [6.07, 6.45) is 0. The lowest BCUT2D eigenvalue weighted by molar-refractivity contribution is 0.878. The summed E-state index contributed by atoms with van der Waals surface area (Å²) in [6, 6.07) is 12.1. The summed E-state index contributed by atoms with van der Waals surface area (Å²) in [4.78, 5) is 8.00. The number of rotatable bonds is 3. The topological polar surface area (TPSA) is 54.5 Å². The van der Waals surface area contributed by atoms with Crippen LogP contribution in [0.2, 0.25) is 5.02 Å². The molecule has 0 aliphatic heterocycles. The summed E-state index contributed by atoms with van der Waals surface area (Å²) in [5.74, 6) is 0.780. The van der Waals surface area contributed by atoms with E-state index < -0.39 is 0 Å². The van der Waals surface area contributed by atoms with Crippen LogP contribution in [0.15, 0.2) is 41.6 Å². The lowest BCUT2D eigenvalue weighted by Crippen LogP contribution is -1.92. The maximum Gasteiger partial charge on any atom is 0.211 e. The number of hydrogen-bond donors (Lipinski definition) is 1. The summed E-state index contributed by atoms with van der Waals surface area (Å²) < 4.78 is 0. The van der Waals surface area contributed by atoms with Gasteiger partial charge in [0.2, 0.25) is 5.16 Å². The maximum atomic E-state index is 5.91. The molecule has 0 saturated heterocycles. The Bertz CT molecular complexity index is 1040. The first kappa shape index (κ1) is 15.4. The van der Waals surface area contributed by atoms with Crippen molar-refractivity contribution >= 4 is 45.4 Å². The van der Waals surface area contributed by atoms with Crippen molar-refractivity contribution in [2.45, 2.75) is 24.8 Å². The smallest absolute Gasteiger partial charge is 0.211 e. The van der Waals surface area contributed by atoms with Crippen molar-refractivity contribution in [2.75, 3.05) is 0 Å². The minimum atomic E-state index is 0.665. The Morgan fingerprint density at radius 1 is 1.08 bits per heavy atom. The number of benzene rings is 2. The van der Waals surface area contributed by atoms with Crippen molar-refractivity contribution in [3.05, 3.63) is 58.1 Å². The standard InChI is InChI=1S/C18H15ClN4S/c1-10-7-11(2)15-14(8-10)16-17(20-15)21-18(23-22-16)24-9-12-3-5-13(19)6-4-12/h3-8H,9H2,1-2H3,(H,20,21,23). The minimum Gasteiger partial charge on any atom is -0.337 e. The molecule has 0 fully saturated rings. The predicted molar refractivity (Wildman–Crippen MR) is 99.7 cm³/mol. The van der Waals surface area contributed by atoms with Crippen LogP contribution in [0.25, 0.3) is 22.1 Å². The lowest BCUT2D eigenvalue weighted by Gasteiger charge is -2.00. The average molecular weight is 355 g/mol. The van der Waals surface area contributed by atoms with Crippen molar-refractivity contribution in [3.63, 3.8) is 0 Å². The van der Waals surface area contributed by atoms with Crippen LogP contribution in [-0.2, 0) is 5.75 Å². The van der Waals surface area contributed by atoms with Crippen LogP contribution in [0.4, 0.5) is 0 Å². The van der Waals surface area contributed by atoms with Gasteiger partial charge in [-0.15, -0.1) is 10.2 Å². The number of thioether (sulfide) groups is 1. The molecule has 0 spiro atoms. The molecule has 2 aromatic heterocycles. The highest BCUT2D eigenvalue weighted by Crippen LogP contribution is 2.28. The number of aryl methyl sites for hydroxylation is 2. The zero-order valence-corrected chi connectivity index (χ0v) is 14.9. The summed E-state index contributed by atoms with van der Waals surface area (Å²) >= 11 is 7.47.